The first kappa shape index (κ1) is 12.6. The maximum Gasteiger partial charge on any atom is 0.141 e. The standard InChI is InChI=1S/C13H16N4S/c1-17(7-6-11-3-2-8-18-11)10-4-5-12(13(14)15)16-9-10/h2-5,8-9H,6-7H2,1H3,(H3,14,15). The summed E-state index contributed by atoms with van der Waals surface area (Å²) in [5.41, 5.74) is 6.93. The van der Waals surface area contributed by atoms with Crippen LogP contribution in [0.5, 0.6) is 0 Å². The molecule has 0 saturated carbocycles. The van der Waals surface area contributed by atoms with E-state index in [0.29, 0.717) is 5.69 Å². The van der Waals surface area contributed by atoms with E-state index in [-0.39, 0.29) is 5.84 Å². The molecule has 2 aromatic heterocycles. The van der Waals surface area contributed by atoms with Gasteiger partial charge in [0.15, 0.2) is 0 Å². The molecular weight excluding hydrogens is 244 g/mol. The number of anilines is 1. The van der Waals surface area contributed by atoms with Gasteiger partial charge >= 0.3 is 0 Å². The summed E-state index contributed by atoms with van der Waals surface area (Å²) in [5, 5.41) is 9.39. The monoisotopic (exact) mass is 260 g/mol. The molecule has 0 fully saturated rings. The molecule has 0 aliphatic heterocycles. The van der Waals surface area contributed by atoms with Gasteiger partial charge in [-0.25, -0.2) is 0 Å². The predicted octanol–water partition coefficient (Wildman–Crippen LogP) is 2.11. The van der Waals surface area contributed by atoms with Gasteiger partial charge in [-0.2, -0.15) is 0 Å². The topological polar surface area (TPSA) is 66.0 Å². The molecule has 18 heavy (non-hydrogen) atoms. The van der Waals surface area contributed by atoms with Crippen LogP contribution in [0, 0.1) is 5.41 Å². The van der Waals surface area contributed by atoms with Crippen molar-refractivity contribution in [3.63, 3.8) is 0 Å². The fraction of sp³-hybridized carbons (Fsp3) is 0.231. The zero-order chi connectivity index (χ0) is 13.0. The molecule has 2 rings (SSSR count). The number of nitrogen functional groups attached to an aromatic ring is 1. The molecule has 0 radical (unpaired) electrons. The molecule has 94 valence electrons. The molecule has 0 aliphatic rings. The van der Waals surface area contributed by atoms with Crippen molar-refractivity contribution in [3.8, 4) is 0 Å². The van der Waals surface area contributed by atoms with E-state index in [1.54, 1.807) is 23.6 Å². The first-order chi connectivity index (χ1) is 8.66. The summed E-state index contributed by atoms with van der Waals surface area (Å²) < 4.78 is 0. The fourth-order valence-corrected chi connectivity index (χ4v) is 2.33. The van der Waals surface area contributed by atoms with Crippen molar-refractivity contribution < 1.29 is 0 Å². The predicted molar refractivity (Wildman–Crippen MR) is 76.5 cm³/mol. The van der Waals surface area contributed by atoms with E-state index in [0.717, 1.165) is 18.7 Å². The Bertz CT molecular complexity index is 504. The molecule has 0 spiro atoms. The minimum atomic E-state index is 0.00258. The number of hydrogen-bond acceptors (Lipinski definition) is 4. The number of amidine groups is 1. The van der Waals surface area contributed by atoms with Crippen LogP contribution in [0.3, 0.4) is 0 Å². The van der Waals surface area contributed by atoms with Crippen molar-refractivity contribution >= 4 is 22.9 Å². The van der Waals surface area contributed by atoms with Crippen LogP contribution >= 0.6 is 11.3 Å². The Balaban J connectivity index is 1.96. The Kier molecular flexibility index (Phi) is 3.94. The third kappa shape index (κ3) is 3.07. The van der Waals surface area contributed by atoms with Gasteiger partial charge < -0.3 is 10.6 Å². The van der Waals surface area contributed by atoms with Gasteiger partial charge in [0.2, 0.25) is 0 Å². The van der Waals surface area contributed by atoms with Crippen molar-refractivity contribution in [1.82, 2.24) is 4.98 Å². The summed E-state index contributed by atoms with van der Waals surface area (Å²) >= 11 is 1.78. The minimum absolute atomic E-state index is 0.00258. The molecule has 0 aromatic carbocycles. The van der Waals surface area contributed by atoms with E-state index >= 15 is 0 Å². The number of hydrogen-bond donors (Lipinski definition) is 2. The van der Waals surface area contributed by atoms with Gasteiger partial charge in [-0.1, -0.05) is 6.07 Å². The lowest BCUT2D eigenvalue weighted by Gasteiger charge is -2.18. The summed E-state index contributed by atoms with van der Waals surface area (Å²) in [7, 11) is 2.04. The van der Waals surface area contributed by atoms with Crippen molar-refractivity contribution in [2.24, 2.45) is 5.73 Å². The highest BCUT2D eigenvalue weighted by Gasteiger charge is 2.04. The van der Waals surface area contributed by atoms with Crippen LogP contribution in [-0.2, 0) is 6.42 Å². The van der Waals surface area contributed by atoms with E-state index in [1.807, 2.05) is 13.1 Å². The summed E-state index contributed by atoms with van der Waals surface area (Å²) in [6, 6.07) is 7.94. The molecule has 0 unspecified atom stereocenters. The molecule has 0 bridgehead atoms. The van der Waals surface area contributed by atoms with Gasteiger partial charge in [0, 0.05) is 18.5 Å². The second-order valence-corrected chi connectivity index (χ2v) is 5.10. The van der Waals surface area contributed by atoms with Gasteiger partial charge in [0.25, 0.3) is 0 Å². The quantitative estimate of drug-likeness (QED) is 0.639. The van der Waals surface area contributed by atoms with E-state index in [4.69, 9.17) is 11.1 Å². The Morgan fingerprint density at radius 3 is 2.83 bits per heavy atom. The zero-order valence-electron chi connectivity index (χ0n) is 10.3. The van der Waals surface area contributed by atoms with E-state index in [9.17, 15) is 0 Å². The smallest absolute Gasteiger partial charge is 0.141 e. The van der Waals surface area contributed by atoms with Gasteiger partial charge in [0.1, 0.15) is 11.5 Å². The minimum Gasteiger partial charge on any atom is -0.382 e. The highest BCUT2D eigenvalue weighted by atomic mass is 32.1. The van der Waals surface area contributed by atoms with Crippen molar-refractivity contribution in [2.75, 3.05) is 18.5 Å². The third-order valence-electron chi connectivity index (χ3n) is 2.74. The van der Waals surface area contributed by atoms with Crippen LogP contribution in [0.4, 0.5) is 5.69 Å². The van der Waals surface area contributed by atoms with Crippen molar-refractivity contribution in [2.45, 2.75) is 6.42 Å². The lowest BCUT2D eigenvalue weighted by molar-refractivity contribution is 0.883. The average molecular weight is 260 g/mol. The Morgan fingerprint density at radius 2 is 2.28 bits per heavy atom. The molecular formula is C13H16N4S. The van der Waals surface area contributed by atoms with Crippen LogP contribution in [-0.4, -0.2) is 24.4 Å². The molecule has 0 atom stereocenters. The summed E-state index contributed by atoms with van der Waals surface area (Å²) in [5.74, 6) is 0.00258. The molecule has 2 aromatic rings. The molecule has 2 heterocycles. The van der Waals surface area contributed by atoms with Gasteiger partial charge in [-0.05, 0) is 30.0 Å². The second-order valence-electron chi connectivity index (χ2n) is 4.07. The van der Waals surface area contributed by atoms with Crippen LogP contribution < -0.4 is 10.6 Å². The number of pyridine rings is 1. The summed E-state index contributed by atoms with van der Waals surface area (Å²) in [6.07, 6.45) is 2.79. The number of thiophene rings is 1. The van der Waals surface area contributed by atoms with Crippen molar-refractivity contribution in [1.29, 1.82) is 5.41 Å². The summed E-state index contributed by atoms with van der Waals surface area (Å²) in [6.45, 7) is 0.946. The van der Waals surface area contributed by atoms with Gasteiger partial charge in [-0.3, -0.25) is 10.4 Å². The molecule has 0 saturated heterocycles. The van der Waals surface area contributed by atoms with Crippen LogP contribution in [0.15, 0.2) is 35.8 Å². The largest absolute Gasteiger partial charge is 0.382 e. The molecule has 0 aliphatic carbocycles. The van der Waals surface area contributed by atoms with Gasteiger partial charge in [0.05, 0.1) is 11.9 Å². The average Bonchev–Trinajstić information content (AvgIpc) is 2.89. The van der Waals surface area contributed by atoms with E-state index < -0.39 is 0 Å². The SMILES string of the molecule is CN(CCc1cccs1)c1ccc(C(=N)N)nc1. The van der Waals surface area contributed by atoms with E-state index in [2.05, 4.69) is 27.4 Å². The first-order valence-corrected chi connectivity index (χ1v) is 6.59. The highest BCUT2D eigenvalue weighted by molar-refractivity contribution is 7.09. The molecule has 0 amide bonds. The number of rotatable bonds is 5. The number of aromatic nitrogens is 1. The molecule has 5 heteroatoms. The van der Waals surface area contributed by atoms with E-state index in [1.165, 1.54) is 4.88 Å². The third-order valence-corrected chi connectivity index (χ3v) is 3.67. The molecule has 3 N–H and O–H groups in total. The normalized spacial score (nSPS) is 10.3. The number of likely N-dealkylation sites (N-methyl/N-ethyl adjacent to an activating group) is 1. The van der Waals surface area contributed by atoms with Crippen LogP contribution in [0.25, 0.3) is 0 Å². The second kappa shape index (κ2) is 5.64. The zero-order valence-corrected chi connectivity index (χ0v) is 11.1. The molecule has 4 nitrogen and oxygen atoms in total. The number of nitrogens with one attached hydrogen (secondary N) is 1. The summed E-state index contributed by atoms with van der Waals surface area (Å²) in [4.78, 5) is 7.69. The Hall–Kier alpha value is -1.88. The maximum absolute atomic E-state index is 7.29. The lowest BCUT2D eigenvalue weighted by Crippen LogP contribution is -2.21. The fourth-order valence-electron chi connectivity index (χ4n) is 1.63. The van der Waals surface area contributed by atoms with Gasteiger partial charge in [-0.15, -0.1) is 11.3 Å². The maximum atomic E-state index is 7.29. The van der Waals surface area contributed by atoms with Crippen LogP contribution in [0.1, 0.15) is 10.6 Å². The first-order valence-electron chi connectivity index (χ1n) is 5.71. The number of nitrogens with two attached hydrogens (primary N) is 1. The van der Waals surface area contributed by atoms with Crippen molar-refractivity contribution in [3.05, 3.63) is 46.4 Å². The highest BCUT2D eigenvalue weighted by Crippen LogP contribution is 2.14. The lowest BCUT2D eigenvalue weighted by atomic mass is 10.3. The Labute approximate surface area is 111 Å². The Morgan fingerprint density at radius 1 is 1.44 bits per heavy atom. The number of nitrogens with zero attached hydrogens (tertiary/aromatic N) is 2. The van der Waals surface area contributed by atoms with Crippen LogP contribution in [0.2, 0.25) is 0 Å².